The van der Waals surface area contributed by atoms with Gasteiger partial charge < -0.3 is 4.98 Å². The zero-order chi connectivity index (χ0) is 12.4. The maximum absolute atomic E-state index is 4.24. The van der Waals surface area contributed by atoms with E-state index in [4.69, 9.17) is 0 Å². The van der Waals surface area contributed by atoms with Gasteiger partial charge in [0, 0.05) is 12.4 Å². The Labute approximate surface area is 101 Å². The van der Waals surface area contributed by atoms with E-state index in [0.717, 1.165) is 11.5 Å². The lowest BCUT2D eigenvalue weighted by atomic mass is 10.1. The summed E-state index contributed by atoms with van der Waals surface area (Å²) in [4.78, 5) is 11.7. The third kappa shape index (κ3) is 2.28. The van der Waals surface area contributed by atoms with E-state index < -0.39 is 0 Å². The summed E-state index contributed by atoms with van der Waals surface area (Å²) < 4.78 is 0. The van der Waals surface area contributed by atoms with E-state index in [-0.39, 0.29) is 0 Å². The molecular weight excluding hydrogens is 210 g/mol. The van der Waals surface area contributed by atoms with Gasteiger partial charge in [-0.05, 0) is 49.8 Å². The van der Waals surface area contributed by atoms with Gasteiger partial charge in [0.1, 0.15) is 5.82 Å². The highest BCUT2D eigenvalue weighted by atomic mass is 14.9. The van der Waals surface area contributed by atoms with Crippen molar-refractivity contribution in [2.45, 2.75) is 27.7 Å². The van der Waals surface area contributed by atoms with Gasteiger partial charge in [0.05, 0.1) is 11.9 Å². The molecule has 0 amide bonds. The Balaban J connectivity index is 2.80. The molecule has 0 bridgehead atoms. The van der Waals surface area contributed by atoms with Crippen molar-refractivity contribution in [3.05, 3.63) is 46.6 Å². The first-order valence-electron chi connectivity index (χ1n) is 5.70. The molecule has 0 spiro atoms. The van der Waals surface area contributed by atoms with E-state index in [0.29, 0.717) is 0 Å². The Hall–Kier alpha value is -1.90. The second kappa shape index (κ2) is 4.53. The van der Waals surface area contributed by atoms with E-state index in [2.05, 4.69) is 35.7 Å². The largest absolute Gasteiger partial charge is 0.343 e. The number of hydrogen-bond acceptors (Lipinski definition) is 2. The molecule has 0 saturated carbocycles. The van der Waals surface area contributed by atoms with Crippen LogP contribution >= 0.6 is 0 Å². The number of imidazole rings is 1. The average molecular weight is 227 g/mol. The molecule has 3 heteroatoms. The molecule has 88 valence electrons. The van der Waals surface area contributed by atoms with Crippen molar-refractivity contribution in [3.63, 3.8) is 0 Å². The summed E-state index contributed by atoms with van der Waals surface area (Å²) in [6.45, 7) is 8.27. The van der Waals surface area contributed by atoms with Crippen LogP contribution in [-0.2, 0) is 0 Å². The van der Waals surface area contributed by atoms with E-state index in [1.807, 2.05) is 31.6 Å². The van der Waals surface area contributed by atoms with Gasteiger partial charge in [0.2, 0.25) is 0 Å². The van der Waals surface area contributed by atoms with Gasteiger partial charge in [-0.3, -0.25) is 4.98 Å². The Morgan fingerprint density at radius 2 is 1.88 bits per heavy atom. The van der Waals surface area contributed by atoms with Gasteiger partial charge in [0.15, 0.2) is 0 Å². The average Bonchev–Trinajstić information content (AvgIpc) is 2.75. The third-order valence-electron chi connectivity index (χ3n) is 2.87. The van der Waals surface area contributed by atoms with Crippen LogP contribution in [-0.4, -0.2) is 15.0 Å². The number of nitrogens with one attached hydrogen (secondary N) is 1. The minimum absolute atomic E-state index is 0.937. The topological polar surface area (TPSA) is 41.6 Å². The predicted molar refractivity (Wildman–Crippen MR) is 69.8 cm³/mol. The van der Waals surface area contributed by atoms with Crippen LogP contribution in [0.4, 0.5) is 0 Å². The fourth-order valence-corrected chi connectivity index (χ4v) is 1.88. The third-order valence-corrected chi connectivity index (χ3v) is 2.87. The molecule has 3 nitrogen and oxygen atoms in total. The van der Waals surface area contributed by atoms with Crippen molar-refractivity contribution in [3.8, 4) is 0 Å². The van der Waals surface area contributed by atoms with Gasteiger partial charge in [-0.1, -0.05) is 5.57 Å². The quantitative estimate of drug-likeness (QED) is 0.802. The molecular formula is C14H17N3. The number of aryl methyl sites for hydroxylation is 1. The SMILES string of the molecule is CC(C)=c1cncc/c1=C(/C)c1cnc(C)[nH]1. The standard InChI is InChI=1S/C14H17N3/c1-9(2)13-7-15-6-5-12(13)10(3)14-8-16-11(4)17-14/h5-8H,1-4H3,(H,16,17)/b12-10+. The molecule has 0 aromatic carbocycles. The number of rotatable bonds is 1. The zero-order valence-corrected chi connectivity index (χ0v) is 10.7. The molecule has 0 fully saturated rings. The van der Waals surface area contributed by atoms with Crippen LogP contribution in [0.15, 0.2) is 24.7 Å². The lowest BCUT2D eigenvalue weighted by molar-refractivity contribution is 1.14. The number of aromatic amines is 1. The van der Waals surface area contributed by atoms with Crippen molar-refractivity contribution in [2.24, 2.45) is 0 Å². The molecule has 0 aliphatic rings. The minimum atomic E-state index is 0.937. The Kier molecular flexibility index (Phi) is 3.09. The second-order valence-corrected chi connectivity index (χ2v) is 4.43. The van der Waals surface area contributed by atoms with Crippen molar-refractivity contribution < 1.29 is 0 Å². The Morgan fingerprint density at radius 3 is 2.47 bits per heavy atom. The molecule has 2 aromatic heterocycles. The fourth-order valence-electron chi connectivity index (χ4n) is 1.88. The zero-order valence-electron chi connectivity index (χ0n) is 10.7. The number of H-pyrrole nitrogens is 1. The molecule has 1 N–H and O–H groups in total. The fraction of sp³-hybridized carbons (Fsp3) is 0.286. The smallest absolute Gasteiger partial charge is 0.103 e. The number of aromatic nitrogens is 3. The molecule has 0 aliphatic carbocycles. The molecule has 0 saturated heterocycles. The summed E-state index contributed by atoms with van der Waals surface area (Å²) >= 11 is 0. The summed E-state index contributed by atoms with van der Waals surface area (Å²) in [5.41, 5.74) is 3.53. The van der Waals surface area contributed by atoms with Gasteiger partial charge >= 0.3 is 0 Å². The highest BCUT2D eigenvalue weighted by Crippen LogP contribution is 2.06. The van der Waals surface area contributed by atoms with Crippen molar-refractivity contribution in [1.29, 1.82) is 0 Å². The first-order valence-corrected chi connectivity index (χ1v) is 5.70. The molecule has 0 unspecified atom stereocenters. The number of hydrogen-bond donors (Lipinski definition) is 1. The summed E-state index contributed by atoms with van der Waals surface area (Å²) in [5, 5.41) is 2.40. The molecule has 17 heavy (non-hydrogen) atoms. The van der Waals surface area contributed by atoms with Gasteiger partial charge in [0.25, 0.3) is 0 Å². The Bertz CT molecular complexity index is 646. The van der Waals surface area contributed by atoms with Crippen LogP contribution in [0.25, 0.3) is 11.1 Å². The highest BCUT2D eigenvalue weighted by molar-refractivity contribution is 5.60. The lowest BCUT2D eigenvalue weighted by Gasteiger charge is -1.99. The van der Waals surface area contributed by atoms with Crippen molar-refractivity contribution >= 4 is 11.1 Å². The molecule has 2 heterocycles. The van der Waals surface area contributed by atoms with Crippen molar-refractivity contribution in [1.82, 2.24) is 15.0 Å². The van der Waals surface area contributed by atoms with Gasteiger partial charge in [-0.25, -0.2) is 4.98 Å². The molecule has 0 aliphatic heterocycles. The van der Waals surface area contributed by atoms with Gasteiger partial charge in [-0.2, -0.15) is 0 Å². The first-order chi connectivity index (χ1) is 8.09. The van der Waals surface area contributed by atoms with Crippen LogP contribution < -0.4 is 10.4 Å². The summed E-state index contributed by atoms with van der Waals surface area (Å²) in [7, 11) is 0. The Morgan fingerprint density at radius 1 is 1.12 bits per heavy atom. The van der Waals surface area contributed by atoms with Crippen LogP contribution in [0, 0.1) is 6.92 Å². The number of pyridine rings is 1. The second-order valence-electron chi connectivity index (χ2n) is 4.43. The van der Waals surface area contributed by atoms with E-state index in [9.17, 15) is 0 Å². The predicted octanol–water partition coefficient (Wildman–Crippen LogP) is 1.52. The normalized spacial score (nSPS) is 12.5. The van der Waals surface area contributed by atoms with Crippen LogP contribution in [0.3, 0.4) is 0 Å². The molecule has 2 rings (SSSR count). The van der Waals surface area contributed by atoms with E-state index >= 15 is 0 Å². The van der Waals surface area contributed by atoms with E-state index in [1.54, 1.807) is 0 Å². The maximum Gasteiger partial charge on any atom is 0.103 e. The molecule has 0 atom stereocenters. The number of nitrogens with zero attached hydrogens (tertiary/aromatic N) is 2. The maximum atomic E-state index is 4.24. The summed E-state index contributed by atoms with van der Waals surface area (Å²) in [5.74, 6) is 0.937. The summed E-state index contributed by atoms with van der Waals surface area (Å²) in [6, 6.07) is 2.05. The minimum Gasteiger partial charge on any atom is -0.343 e. The molecule has 2 aromatic rings. The van der Waals surface area contributed by atoms with Crippen LogP contribution in [0.5, 0.6) is 0 Å². The monoisotopic (exact) mass is 227 g/mol. The first kappa shape index (κ1) is 11.6. The molecule has 0 radical (unpaired) electrons. The van der Waals surface area contributed by atoms with Gasteiger partial charge in [-0.15, -0.1) is 0 Å². The van der Waals surface area contributed by atoms with Crippen LogP contribution in [0.1, 0.15) is 32.3 Å². The van der Waals surface area contributed by atoms with Crippen LogP contribution in [0.2, 0.25) is 0 Å². The van der Waals surface area contributed by atoms with E-state index in [1.165, 1.54) is 21.6 Å². The van der Waals surface area contributed by atoms with Crippen molar-refractivity contribution in [2.75, 3.05) is 0 Å². The highest BCUT2D eigenvalue weighted by Gasteiger charge is 2.01. The summed E-state index contributed by atoms with van der Waals surface area (Å²) in [6.07, 6.45) is 5.62. The lowest BCUT2D eigenvalue weighted by Crippen LogP contribution is -2.28.